The van der Waals surface area contributed by atoms with Gasteiger partial charge in [0, 0.05) is 19.1 Å². The molecule has 0 bridgehead atoms. The van der Waals surface area contributed by atoms with Crippen LogP contribution in [0, 0.1) is 0 Å². The van der Waals surface area contributed by atoms with Crippen LogP contribution in [0.25, 0.3) is 0 Å². The van der Waals surface area contributed by atoms with Crippen molar-refractivity contribution in [2.45, 2.75) is 45.3 Å². The normalized spacial score (nSPS) is 21.5. The Morgan fingerprint density at radius 3 is 3.00 bits per heavy atom. The van der Waals surface area contributed by atoms with Gasteiger partial charge in [-0.1, -0.05) is 13.0 Å². The summed E-state index contributed by atoms with van der Waals surface area (Å²) >= 11 is 0. The van der Waals surface area contributed by atoms with Crippen LogP contribution < -0.4 is 5.73 Å². The molecular weight excluding hydrogens is 198 g/mol. The van der Waals surface area contributed by atoms with Crippen molar-refractivity contribution < 1.29 is 0 Å². The highest BCUT2D eigenvalue weighted by Crippen LogP contribution is 2.21. The molecule has 0 saturated carbocycles. The van der Waals surface area contributed by atoms with Gasteiger partial charge in [0.05, 0.1) is 11.4 Å². The number of hydrogen-bond acceptors (Lipinski definition) is 3. The summed E-state index contributed by atoms with van der Waals surface area (Å²) < 4.78 is 0. The van der Waals surface area contributed by atoms with Gasteiger partial charge in [-0.05, 0) is 37.9 Å². The first-order valence-corrected chi connectivity index (χ1v) is 6.22. The third-order valence-electron chi connectivity index (χ3n) is 3.41. The minimum atomic E-state index is 0.533. The largest absolute Gasteiger partial charge is 0.325 e. The van der Waals surface area contributed by atoms with Gasteiger partial charge in [0.1, 0.15) is 0 Å². The highest BCUT2D eigenvalue weighted by molar-refractivity contribution is 5.11. The van der Waals surface area contributed by atoms with Crippen molar-refractivity contribution in [3.63, 3.8) is 0 Å². The molecule has 16 heavy (non-hydrogen) atoms. The molecule has 1 atom stereocenters. The Morgan fingerprint density at radius 1 is 1.44 bits per heavy atom. The topological polar surface area (TPSA) is 42.1 Å². The first-order valence-electron chi connectivity index (χ1n) is 6.22. The predicted octanol–water partition coefficient (Wildman–Crippen LogP) is 1.91. The van der Waals surface area contributed by atoms with Crippen LogP contribution in [0.1, 0.15) is 37.6 Å². The molecule has 0 radical (unpaired) electrons. The summed E-state index contributed by atoms with van der Waals surface area (Å²) in [5.74, 6) is 0. The number of likely N-dealkylation sites (tertiary alicyclic amines) is 1. The first-order chi connectivity index (χ1) is 7.83. The SMILES string of the molecule is CCC1CCCN1Cc1cccc(CN)n1. The molecule has 2 heterocycles. The van der Waals surface area contributed by atoms with E-state index in [2.05, 4.69) is 28.9 Å². The Bertz CT molecular complexity index is 338. The van der Waals surface area contributed by atoms with Crippen LogP contribution in [-0.2, 0) is 13.1 Å². The van der Waals surface area contributed by atoms with Gasteiger partial charge in [-0.25, -0.2) is 0 Å². The minimum absolute atomic E-state index is 0.533. The third kappa shape index (κ3) is 2.60. The average Bonchev–Trinajstić information content (AvgIpc) is 2.76. The summed E-state index contributed by atoms with van der Waals surface area (Å²) in [6.45, 7) is 5.00. The lowest BCUT2D eigenvalue weighted by Gasteiger charge is -2.22. The lowest BCUT2D eigenvalue weighted by molar-refractivity contribution is 0.237. The summed E-state index contributed by atoms with van der Waals surface area (Å²) in [4.78, 5) is 7.10. The van der Waals surface area contributed by atoms with Gasteiger partial charge in [0.15, 0.2) is 0 Å². The van der Waals surface area contributed by atoms with Gasteiger partial charge in [-0.2, -0.15) is 0 Å². The maximum Gasteiger partial charge on any atom is 0.0547 e. The number of pyridine rings is 1. The maximum atomic E-state index is 5.60. The molecule has 1 aromatic rings. The van der Waals surface area contributed by atoms with E-state index in [0.717, 1.165) is 24.0 Å². The van der Waals surface area contributed by atoms with Crippen LogP contribution in [0.5, 0.6) is 0 Å². The second-order valence-corrected chi connectivity index (χ2v) is 4.50. The standard InChI is InChI=1S/C13H21N3/c1-2-13-7-4-8-16(13)10-12-6-3-5-11(9-14)15-12/h3,5-6,13H,2,4,7-10,14H2,1H3. The molecule has 3 nitrogen and oxygen atoms in total. The second-order valence-electron chi connectivity index (χ2n) is 4.50. The molecule has 1 aliphatic heterocycles. The van der Waals surface area contributed by atoms with Gasteiger partial charge < -0.3 is 5.73 Å². The van der Waals surface area contributed by atoms with Crippen molar-refractivity contribution in [3.8, 4) is 0 Å². The minimum Gasteiger partial charge on any atom is -0.325 e. The van der Waals surface area contributed by atoms with Gasteiger partial charge in [-0.15, -0.1) is 0 Å². The quantitative estimate of drug-likeness (QED) is 0.841. The van der Waals surface area contributed by atoms with E-state index >= 15 is 0 Å². The Hall–Kier alpha value is -0.930. The fourth-order valence-corrected chi connectivity index (χ4v) is 2.50. The smallest absolute Gasteiger partial charge is 0.0547 e. The predicted molar refractivity (Wildman–Crippen MR) is 65.9 cm³/mol. The van der Waals surface area contributed by atoms with Crippen LogP contribution >= 0.6 is 0 Å². The van der Waals surface area contributed by atoms with E-state index in [0.29, 0.717) is 6.54 Å². The Labute approximate surface area is 97.7 Å². The van der Waals surface area contributed by atoms with E-state index in [1.54, 1.807) is 0 Å². The zero-order valence-corrected chi connectivity index (χ0v) is 10.0. The van der Waals surface area contributed by atoms with Gasteiger partial charge in [0.25, 0.3) is 0 Å². The van der Waals surface area contributed by atoms with Crippen LogP contribution in [0.3, 0.4) is 0 Å². The van der Waals surface area contributed by atoms with Crippen molar-refractivity contribution in [1.29, 1.82) is 0 Å². The highest BCUT2D eigenvalue weighted by Gasteiger charge is 2.22. The van der Waals surface area contributed by atoms with Gasteiger partial charge >= 0.3 is 0 Å². The fraction of sp³-hybridized carbons (Fsp3) is 0.615. The lowest BCUT2D eigenvalue weighted by atomic mass is 10.1. The lowest BCUT2D eigenvalue weighted by Crippen LogP contribution is -2.28. The van der Waals surface area contributed by atoms with Crippen molar-refractivity contribution in [3.05, 3.63) is 29.6 Å². The monoisotopic (exact) mass is 219 g/mol. The van der Waals surface area contributed by atoms with E-state index in [-0.39, 0.29) is 0 Å². The van der Waals surface area contributed by atoms with Crippen molar-refractivity contribution in [2.24, 2.45) is 5.73 Å². The zero-order chi connectivity index (χ0) is 11.4. The van der Waals surface area contributed by atoms with Crippen LogP contribution in [-0.4, -0.2) is 22.5 Å². The number of aromatic nitrogens is 1. The molecule has 88 valence electrons. The zero-order valence-electron chi connectivity index (χ0n) is 10.0. The second kappa shape index (κ2) is 5.41. The molecule has 0 amide bonds. The highest BCUT2D eigenvalue weighted by atomic mass is 15.2. The van der Waals surface area contributed by atoms with E-state index in [4.69, 9.17) is 5.73 Å². The summed E-state index contributed by atoms with van der Waals surface area (Å²) in [6.07, 6.45) is 3.92. The number of rotatable bonds is 4. The van der Waals surface area contributed by atoms with Crippen molar-refractivity contribution in [2.75, 3.05) is 6.54 Å². The van der Waals surface area contributed by atoms with E-state index in [9.17, 15) is 0 Å². The van der Waals surface area contributed by atoms with Crippen LogP contribution in [0.4, 0.5) is 0 Å². The average molecular weight is 219 g/mol. The molecule has 2 N–H and O–H groups in total. The summed E-state index contributed by atoms with van der Waals surface area (Å²) in [5.41, 5.74) is 7.75. The molecule has 3 heteroatoms. The van der Waals surface area contributed by atoms with Gasteiger partial charge in [-0.3, -0.25) is 9.88 Å². The first kappa shape index (κ1) is 11.6. The van der Waals surface area contributed by atoms with E-state index < -0.39 is 0 Å². The molecule has 1 aliphatic rings. The van der Waals surface area contributed by atoms with Crippen molar-refractivity contribution in [1.82, 2.24) is 9.88 Å². The Balaban J connectivity index is 2.02. The molecule has 1 saturated heterocycles. The number of hydrogen-bond donors (Lipinski definition) is 1. The summed E-state index contributed by atoms with van der Waals surface area (Å²) in [6, 6.07) is 6.90. The molecule has 1 aromatic heterocycles. The molecule has 2 rings (SSSR count). The molecule has 0 aromatic carbocycles. The van der Waals surface area contributed by atoms with Crippen molar-refractivity contribution >= 4 is 0 Å². The van der Waals surface area contributed by atoms with E-state index in [1.165, 1.54) is 25.8 Å². The van der Waals surface area contributed by atoms with Crippen LogP contribution in [0.15, 0.2) is 18.2 Å². The molecular formula is C13H21N3. The van der Waals surface area contributed by atoms with Gasteiger partial charge in [0.2, 0.25) is 0 Å². The molecule has 0 spiro atoms. The molecule has 1 fully saturated rings. The molecule has 1 unspecified atom stereocenters. The van der Waals surface area contributed by atoms with E-state index in [1.807, 2.05) is 6.07 Å². The number of nitrogens with zero attached hydrogens (tertiary/aromatic N) is 2. The summed E-state index contributed by atoms with van der Waals surface area (Å²) in [5, 5.41) is 0. The molecule has 0 aliphatic carbocycles. The fourth-order valence-electron chi connectivity index (χ4n) is 2.50. The maximum absolute atomic E-state index is 5.60. The van der Waals surface area contributed by atoms with Crippen LogP contribution in [0.2, 0.25) is 0 Å². The number of nitrogens with two attached hydrogens (primary N) is 1. The third-order valence-corrected chi connectivity index (χ3v) is 3.41. The Morgan fingerprint density at radius 2 is 2.25 bits per heavy atom. The summed E-state index contributed by atoms with van der Waals surface area (Å²) in [7, 11) is 0. The Kier molecular flexibility index (Phi) is 3.91.